The number of benzene rings is 2. The Hall–Kier alpha value is -1.98. The summed E-state index contributed by atoms with van der Waals surface area (Å²) in [6.07, 6.45) is 2.02. The predicted octanol–water partition coefficient (Wildman–Crippen LogP) is 3.10. The van der Waals surface area contributed by atoms with E-state index in [0.29, 0.717) is 11.4 Å². The Morgan fingerprint density at radius 1 is 1.20 bits per heavy atom. The molecule has 0 atom stereocenters. The second-order valence-corrected chi connectivity index (χ2v) is 4.94. The molecule has 0 aromatic heterocycles. The number of nitrogens with one attached hydrogen (secondary N) is 1. The number of hydrogen-bond donors (Lipinski definition) is 2. The summed E-state index contributed by atoms with van der Waals surface area (Å²) in [5, 5.41) is 2.69. The standard InChI is InChI=1S/C15H16N2O2S/c1-20-14-7-3-6-13(9-14)19-12-5-2-4-11(8-12)17-15(18)10-16/h2-9H,10,16H2,1H3,(H,17,18). The van der Waals surface area contributed by atoms with E-state index in [1.165, 1.54) is 0 Å². The van der Waals surface area contributed by atoms with Gasteiger partial charge in [-0.1, -0.05) is 12.1 Å². The fourth-order valence-electron chi connectivity index (χ4n) is 1.65. The van der Waals surface area contributed by atoms with E-state index in [2.05, 4.69) is 5.32 Å². The van der Waals surface area contributed by atoms with Gasteiger partial charge in [-0.15, -0.1) is 11.8 Å². The highest BCUT2D eigenvalue weighted by Crippen LogP contribution is 2.27. The quantitative estimate of drug-likeness (QED) is 0.830. The molecule has 4 nitrogen and oxygen atoms in total. The fraction of sp³-hybridized carbons (Fsp3) is 0.133. The summed E-state index contributed by atoms with van der Waals surface area (Å²) in [7, 11) is 0. The van der Waals surface area contributed by atoms with Gasteiger partial charge >= 0.3 is 0 Å². The van der Waals surface area contributed by atoms with Crippen LogP contribution in [-0.2, 0) is 4.79 Å². The molecule has 0 aliphatic rings. The smallest absolute Gasteiger partial charge is 0.238 e. The Bertz CT molecular complexity index is 602. The Balaban J connectivity index is 2.12. The maximum atomic E-state index is 11.3. The second-order valence-electron chi connectivity index (χ2n) is 4.06. The molecule has 0 radical (unpaired) electrons. The molecule has 0 unspecified atom stereocenters. The van der Waals surface area contributed by atoms with E-state index in [-0.39, 0.29) is 12.5 Å². The minimum absolute atomic E-state index is 0.0408. The third-order valence-electron chi connectivity index (χ3n) is 2.58. The van der Waals surface area contributed by atoms with Crippen molar-refractivity contribution in [2.24, 2.45) is 5.73 Å². The first-order valence-electron chi connectivity index (χ1n) is 6.13. The highest BCUT2D eigenvalue weighted by atomic mass is 32.2. The van der Waals surface area contributed by atoms with Crippen LogP contribution in [0.15, 0.2) is 53.4 Å². The van der Waals surface area contributed by atoms with Gasteiger partial charge in [0.25, 0.3) is 0 Å². The number of amides is 1. The molecule has 0 aliphatic carbocycles. The number of rotatable bonds is 5. The van der Waals surface area contributed by atoms with Gasteiger partial charge in [-0.2, -0.15) is 0 Å². The predicted molar refractivity (Wildman–Crippen MR) is 82.4 cm³/mol. The molecule has 20 heavy (non-hydrogen) atoms. The first-order chi connectivity index (χ1) is 9.71. The number of ether oxygens (including phenoxy) is 1. The maximum Gasteiger partial charge on any atom is 0.238 e. The van der Waals surface area contributed by atoms with Crippen molar-refractivity contribution in [2.75, 3.05) is 18.1 Å². The van der Waals surface area contributed by atoms with Crippen molar-refractivity contribution in [1.29, 1.82) is 0 Å². The molecule has 0 aliphatic heterocycles. The van der Waals surface area contributed by atoms with Gasteiger partial charge in [0.1, 0.15) is 11.5 Å². The van der Waals surface area contributed by atoms with Crippen molar-refractivity contribution >= 4 is 23.4 Å². The van der Waals surface area contributed by atoms with Crippen molar-refractivity contribution < 1.29 is 9.53 Å². The monoisotopic (exact) mass is 288 g/mol. The van der Waals surface area contributed by atoms with Crippen LogP contribution in [0.5, 0.6) is 11.5 Å². The lowest BCUT2D eigenvalue weighted by Crippen LogP contribution is -2.21. The Kier molecular flexibility index (Phi) is 5.03. The number of hydrogen-bond acceptors (Lipinski definition) is 4. The summed E-state index contributed by atoms with van der Waals surface area (Å²) in [6.45, 7) is -0.0408. The Morgan fingerprint density at radius 3 is 2.60 bits per heavy atom. The van der Waals surface area contributed by atoms with Crippen LogP contribution in [-0.4, -0.2) is 18.7 Å². The van der Waals surface area contributed by atoms with Gasteiger partial charge in [-0.3, -0.25) is 4.79 Å². The van der Waals surface area contributed by atoms with Crippen molar-refractivity contribution in [1.82, 2.24) is 0 Å². The van der Waals surface area contributed by atoms with Crippen molar-refractivity contribution in [3.63, 3.8) is 0 Å². The van der Waals surface area contributed by atoms with E-state index >= 15 is 0 Å². The van der Waals surface area contributed by atoms with Crippen LogP contribution in [0.2, 0.25) is 0 Å². The van der Waals surface area contributed by atoms with Crippen LogP contribution in [0, 0.1) is 0 Å². The summed E-state index contributed by atoms with van der Waals surface area (Å²) in [4.78, 5) is 12.4. The molecular formula is C15H16N2O2S. The van der Waals surface area contributed by atoms with Crippen molar-refractivity contribution in [3.8, 4) is 11.5 Å². The van der Waals surface area contributed by atoms with E-state index in [1.54, 1.807) is 23.9 Å². The number of carbonyl (C=O) groups excluding carboxylic acids is 1. The van der Waals surface area contributed by atoms with E-state index in [4.69, 9.17) is 10.5 Å². The van der Waals surface area contributed by atoms with Crippen LogP contribution in [0.1, 0.15) is 0 Å². The highest BCUT2D eigenvalue weighted by Gasteiger charge is 2.02. The second kappa shape index (κ2) is 6.98. The molecule has 3 N–H and O–H groups in total. The summed E-state index contributed by atoms with van der Waals surface area (Å²) in [6, 6.07) is 15.0. The molecule has 0 spiro atoms. The zero-order chi connectivity index (χ0) is 14.4. The van der Waals surface area contributed by atoms with Crippen LogP contribution >= 0.6 is 11.8 Å². The average Bonchev–Trinajstić information content (AvgIpc) is 2.47. The topological polar surface area (TPSA) is 64.3 Å². The number of carbonyl (C=O) groups is 1. The zero-order valence-corrected chi connectivity index (χ0v) is 11.9. The third-order valence-corrected chi connectivity index (χ3v) is 3.31. The lowest BCUT2D eigenvalue weighted by atomic mass is 10.3. The van der Waals surface area contributed by atoms with Gasteiger partial charge in [0.2, 0.25) is 5.91 Å². The summed E-state index contributed by atoms with van der Waals surface area (Å²) in [5.74, 6) is 1.20. The fourth-order valence-corrected chi connectivity index (χ4v) is 2.10. The molecule has 2 aromatic rings. The zero-order valence-electron chi connectivity index (χ0n) is 11.1. The molecular weight excluding hydrogens is 272 g/mol. The van der Waals surface area contributed by atoms with E-state index < -0.39 is 0 Å². The van der Waals surface area contributed by atoms with Gasteiger partial charge in [-0.05, 0) is 36.6 Å². The summed E-state index contributed by atoms with van der Waals surface area (Å²) in [5.41, 5.74) is 5.93. The third kappa shape index (κ3) is 4.01. The molecule has 0 heterocycles. The minimum atomic E-state index is -0.230. The van der Waals surface area contributed by atoms with Gasteiger partial charge in [0.05, 0.1) is 6.54 Å². The van der Waals surface area contributed by atoms with E-state index in [1.807, 2.05) is 42.7 Å². The lowest BCUT2D eigenvalue weighted by molar-refractivity contribution is -0.114. The van der Waals surface area contributed by atoms with Gasteiger partial charge < -0.3 is 15.8 Å². The largest absolute Gasteiger partial charge is 0.457 e. The lowest BCUT2D eigenvalue weighted by Gasteiger charge is -2.09. The molecule has 2 aromatic carbocycles. The average molecular weight is 288 g/mol. The first-order valence-corrected chi connectivity index (χ1v) is 7.35. The van der Waals surface area contributed by atoms with Crippen LogP contribution in [0.4, 0.5) is 5.69 Å². The number of thioether (sulfide) groups is 1. The van der Waals surface area contributed by atoms with Crippen LogP contribution in [0.3, 0.4) is 0 Å². The first kappa shape index (κ1) is 14.4. The minimum Gasteiger partial charge on any atom is -0.457 e. The van der Waals surface area contributed by atoms with Crippen molar-refractivity contribution in [2.45, 2.75) is 4.90 Å². The Labute approximate surface area is 122 Å². The molecule has 0 saturated carbocycles. The SMILES string of the molecule is CSc1cccc(Oc2cccc(NC(=O)CN)c2)c1. The number of anilines is 1. The Morgan fingerprint density at radius 2 is 1.90 bits per heavy atom. The molecule has 0 saturated heterocycles. The number of nitrogens with two attached hydrogens (primary N) is 1. The molecule has 1 amide bonds. The van der Waals surface area contributed by atoms with Gasteiger partial charge in [0, 0.05) is 16.6 Å². The summed E-state index contributed by atoms with van der Waals surface area (Å²) < 4.78 is 5.78. The normalized spacial score (nSPS) is 10.1. The highest BCUT2D eigenvalue weighted by molar-refractivity contribution is 7.98. The summed E-state index contributed by atoms with van der Waals surface area (Å²) >= 11 is 1.66. The van der Waals surface area contributed by atoms with Crippen LogP contribution < -0.4 is 15.8 Å². The van der Waals surface area contributed by atoms with Gasteiger partial charge in [-0.25, -0.2) is 0 Å². The van der Waals surface area contributed by atoms with Crippen LogP contribution in [0.25, 0.3) is 0 Å². The van der Waals surface area contributed by atoms with E-state index in [0.717, 1.165) is 10.6 Å². The molecule has 0 bridgehead atoms. The van der Waals surface area contributed by atoms with E-state index in [9.17, 15) is 4.79 Å². The van der Waals surface area contributed by atoms with Gasteiger partial charge in [0.15, 0.2) is 0 Å². The molecule has 0 fully saturated rings. The molecule has 5 heteroatoms. The molecule has 104 valence electrons. The maximum absolute atomic E-state index is 11.3. The van der Waals surface area contributed by atoms with Crippen molar-refractivity contribution in [3.05, 3.63) is 48.5 Å². The molecule has 2 rings (SSSR count).